The second kappa shape index (κ2) is 7.32. The molecule has 0 aliphatic rings. The monoisotopic (exact) mass is 344 g/mol. The third kappa shape index (κ3) is 5.04. The van der Waals surface area contributed by atoms with Crippen LogP contribution in [0.4, 0.5) is 0 Å². The highest BCUT2D eigenvalue weighted by molar-refractivity contribution is 6.34. The van der Waals surface area contributed by atoms with E-state index in [-0.39, 0.29) is 0 Å². The Kier molecular flexibility index (Phi) is 5.71. The molecule has 0 atom stereocenters. The van der Waals surface area contributed by atoms with Crippen LogP contribution in [0.1, 0.15) is 19.5 Å². The third-order valence-corrected chi connectivity index (χ3v) is 3.41. The Balaban J connectivity index is 2.18. The van der Waals surface area contributed by atoms with Gasteiger partial charge in [0.05, 0.1) is 10.7 Å². The van der Waals surface area contributed by atoms with Gasteiger partial charge in [-0.25, -0.2) is 4.98 Å². The number of hydrogen-bond acceptors (Lipinski definition) is 3. The summed E-state index contributed by atoms with van der Waals surface area (Å²) in [5.74, 6) is 0.975. The van der Waals surface area contributed by atoms with E-state index in [4.69, 9.17) is 39.5 Å². The van der Waals surface area contributed by atoms with Gasteiger partial charge in [0.1, 0.15) is 5.75 Å². The zero-order valence-corrected chi connectivity index (χ0v) is 13.9. The largest absolute Gasteiger partial charge is 0.439 e. The molecule has 3 nitrogen and oxygen atoms in total. The smallest absolute Gasteiger partial charge is 0.219 e. The van der Waals surface area contributed by atoms with Gasteiger partial charge in [-0.15, -0.1) is 0 Å². The molecule has 1 heterocycles. The molecule has 0 fully saturated rings. The minimum absolute atomic E-state index is 0.346. The molecule has 0 bridgehead atoms. The van der Waals surface area contributed by atoms with Crippen molar-refractivity contribution in [2.75, 3.05) is 0 Å². The first-order valence-corrected chi connectivity index (χ1v) is 7.60. The Morgan fingerprint density at radius 3 is 2.38 bits per heavy atom. The molecular weight excluding hydrogens is 331 g/mol. The lowest BCUT2D eigenvalue weighted by molar-refractivity contribution is 0.458. The van der Waals surface area contributed by atoms with Crippen molar-refractivity contribution >= 4 is 34.8 Å². The molecule has 0 unspecified atom stereocenters. The maximum Gasteiger partial charge on any atom is 0.219 e. The number of nitrogens with one attached hydrogen (secondary N) is 1. The first-order chi connectivity index (χ1) is 9.94. The molecule has 112 valence electrons. The molecular formula is C15H15Cl3N2O. The van der Waals surface area contributed by atoms with Crippen molar-refractivity contribution in [2.45, 2.75) is 26.4 Å². The minimum atomic E-state index is 0.346. The molecule has 0 amide bonds. The average Bonchev–Trinajstić information content (AvgIpc) is 2.38. The van der Waals surface area contributed by atoms with Gasteiger partial charge in [-0.05, 0) is 24.3 Å². The van der Waals surface area contributed by atoms with Gasteiger partial charge in [-0.2, -0.15) is 0 Å². The zero-order chi connectivity index (χ0) is 15.4. The van der Waals surface area contributed by atoms with Crippen molar-refractivity contribution in [3.8, 4) is 11.6 Å². The highest BCUT2D eigenvalue weighted by Gasteiger charge is 2.07. The fourth-order valence-corrected chi connectivity index (χ4v) is 2.33. The fraction of sp³-hybridized carbons (Fsp3) is 0.267. The van der Waals surface area contributed by atoms with E-state index in [0.29, 0.717) is 39.3 Å². The summed E-state index contributed by atoms with van der Waals surface area (Å²) in [7, 11) is 0. The van der Waals surface area contributed by atoms with Crippen molar-refractivity contribution in [1.82, 2.24) is 10.3 Å². The Labute approximate surface area is 139 Å². The van der Waals surface area contributed by atoms with Gasteiger partial charge < -0.3 is 10.1 Å². The quantitative estimate of drug-likeness (QED) is 0.795. The zero-order valence-electron chi connectivity index (χ0n) is 11.7. The van der Waals surface area contributed by atoms with Crippen LogP contribution in [0.2, 0.25) is 15.1 Å². The molecule has 6 heteroatoms. The average molecular weight is 346 g/mol. The number of hydrogen-bond donors (Lipinski definition) is 1. The second-order valence-electron chi connectivity index (χ2n) is 4.82. The summed E-state index contributed by atoms with van der Waals surface area (Å²) in [6.07, 6.45) is 0. The SMILES string of the molecule is CC(C)NCc1nc(Oc2cc(Cl)cc(Cl)c2)ccc1Cl. The minimum Gasteiger partial charge on any atom is -0.439 e. The van der Waals surface area contributed by atoms with Crippen molar-refractivity contribution in [1.29, 1.82) is 0 Å². The van der Waals surface area contributed by atoms with Crippen LogP contribution in [-0.2, 0) is 6.54 Å². The van der Waals surface area contributed by atoms with Gasteiger partial charge in [0.25, 0.3) is 0 Å². The highest BCUT2D eigenvalue weighted by atomic mass is 35.5. The molecule has 0 saturated carbocycles. The number of nitrogens with zero attached hydrogens (tertiary/aromatic N) is 1. The Hall–Kier alpha value is -1.000. The lowest BCUT2D eigenvalue weighted by atomic mass is 10.3. The van der Waals surface area contributed by atoms with E-state index in [1.54, 1.807) is 30.3 Å². The topological polar surface area (TPSA) is 34.2 Å². The summed E-state index contributed by atoms with van der Waals surface area (Å²) in [4.78, 5) is 4.40. The number of rotatable bonds is 5. The van der Waals surface area contributed by atoms with E-state index in [1.165, 1.54) is 0 Å². The summed E-state index contributed by atoms with van der Waals surface area (Å²) in [6.45, 7) is 4.69. The Bertz CT molecular complexity index is 612. The number of pyridine rings is 1. The molecule has 0 spiro atoms. The summed E-state index contributed by atoms with van der Waals surface area (Å²) in [6, 6.07) is 8.80. The molecule has 0 aliphatic heterocycles. The van der Waals surface area contributed by atoms with E-state index >= 15 is 0 Å². The fourth-order valence-electron chi connectivity index (χ4n) is 1.65. The molecule has 2 rings (SSSR count). The van der Waals surface area contributed by atoms with Gasteiger partial charge in [-0.1, -0.05) is 48.7 Å². The summed E-state index contributed by atoms with van der Waals surface area (Å²) in [5, 5.41) is 4.88. The summed E-state index contributed by atoms with van der Waals surface area (Å²) in [5.41, 5.74) is 0.732. The maximum atomic E-state index is 6.13. The Morgan fingerprint density at radius 2 is 1.76 bits per heavy atom. The van der Waals surface area contributed by atoms with Crippen molar-refractivity contribution < 1.29 is 4.74 Å². The molecule has 1 aromatic heterocycles. The second-order valence-corrected chi connectivity index (χ2v) is 6.10. The number of halogens is 3. The molecule has 1 N–H and O–H groups in total. The van der Waals surface area contributed by atoms with Gasteiger partial charge in [0, 0.05) is 28.7 Å². The van der Waals surface area contributed by atoms with Gasteiger partial charge in [-0.3, -0.25) is 0 Å². The van der Waals surface area contributed by atoms with E-state index in [9.17, 15) is 0 Å². The van der Waals surface area contributed by atoms with Crippen LogP contribution in [0.3, 0.4) is 0 Å². The van der Waals surface area contributed by atoms with E-state index in [2.05, 4.69) is 24.1 Å². The Morgan fingerprint density at radius 1 is 1.10 bits per heavy atom. The van der Waals surface area contributed by atoms with Gasteiger partial charge >= 0.3 is 0 Å². The van der Waals surface area contributed by atoms with Gasteiger partial charge in [0.2, 0.25) is 5.88 Å². The lowest BCUT2D eigenvalue weighted by Crippen LogP contribution is -2.22. The van der Waals surface area contributed by atoms with Gasteiger partial charge in [0.15, 0.2) is 0 Å². The third-order valence-electron chi connectivity index (χ3n) is 2.63. The molecule has 21 heavy (non-hydrogen) atoms. The summed E-state index contributed by atoms with van der Waals surface area (Å²) < 4.78 is 5.68. The first kappa shape index (κ1) is 16.4. The van der Waals surface area contributed by atoms with Crippen molar-refractivity contribution in [3.63, 3.8) is 0 Å². The predicted octanol–water partition coefficient (Wildman–Crippen LogP) is 5.33. The van der Waals surface area contributed by atoms with Crippen molar-refractivity contribution in [3.05, 3.63) is 51.1 Å². The molecule has 1 aromatic carbocycles. The van der Waals surface area contributed by atoms with Crippen LogP contribution in [0, 0.1) is 0 Å². The molecule has 0 saturated heterocycles. The predicted molar refractivity (Wildman–Crippen MR) is 87.8 cm³/mol. The van der Waals surface area contributed by atoms with Crippen LogP contribution < -0.4 is 10.1 Å². The van der Waals surface area contributed by atoms with Crippen LogP contribution in [0.25, 0.3) is 0 Å². The van der Waals surface area contributed by atoms with Crippen LogP contribution >= 0.6 is 34.8 Å². The van der Waals surface area contributed by atoms with Crippen LogP contribution in [0.5, 0.6) is 11.6 Å². The first-order valence-electron chi connectivity index (χ1n) is 6.47. The molecule has 2 aromatic rings. The molecule has 0 aliphatic carbocycles. The molecule has 0 radical (unpaired) electrons. The van der Waals surface area contributed by atoms with E-state index < -0.39 is 0 Å². The normalized spacial score (nSPS) is 11.0. The van der Waals surface area contributed by atoms with Crippen molar-refractivity contribution in [2.24, 2.45) is 0 Å². The number of benzene rings is 1. The van der Waals surface area contributed by atoms with E-state index in [1.807, 2.05) is 0 Å². The lowest BCUT2D eigenvalue weighted by Gasteiger charge is -2.11. The maximum absolute atomic E-state index is 6.13. The number of aromatic nitrogens is 1. The van der Waals surface area contributed by atoms with Crippen LogP contribution in [0.15, 0.2) is 30.3 Å². The summed E-state index contributed by atoms with van der Waals surface area (Å²) >= 11 is 18.0. The number of ether oxygens (including phenoxy) is 1. The standard InChI is InChI=1S/C15H15Cl3N2O/c1-9(2)19-8-14-13(18)3-4-15(20-14)21-12-6-10(16)5-11(17)7-12/h3-7,9,19H,8H2,1-2H3. The van der Waals surface area contributed by atoms with Crippen LogP contribution in [-0.4, -0.2) is 11.0 Å². The highest BCUT2D eigenvalue weighted by Crippen LogP contribution is 2.28. The van der Waals surface area contributed by atoms with E-state index in [0.717, 1.165) is 5.69 Å².